The Morgan fingerprint density at radius 3 is 2.38 bits per heavy atom. The summed E-state index contributed by atoms with van der Waals surface area (Å²) in [5.41, 5.74) is 2.05. The molecule has 0 N–H and O–H groups in total. The molecule has 24 heavy (non-hydrogen) atoms. The number of benzene rings is 2. The zero-order chi connectivity index (χ0) is 17.3. The number of ether oxygens (including phenoxy) is 2. The average molecular weight is 342 g/mol. The molecule has 0 aromatic heterocycles. The van der Waals surface area contributed by atoms with Gasteiger partial charge in [0, 0.05) is 0 Å². The van der Waals surface area contributed by atoms with Crippen LogP contribution in [0.25, 0.3) is 5.57 Å². The Balaban J connectivity index is 2.06. The van der Waals surface area contributed by atoms with Crippen molar-refractivity contribution in [2.24, 2.45) is 0 Å². The zero-order valence-electron chi connectivity index (χ0n) is 13.6. The number of sulfone groups is 1. The summed E-state index contributed by atoms with van der Waals surface area (Å²) in [6, 6.07) is 12.0. The van der Waals surface area contributed by atoms with Crippen LogP contribution in [0, 0.1) is 6.92 Å². The van der Waals surface area contributed by atoms with E-state index < -0.39 is 9.84 Å². The summed E-state index contributed by atoms with van der Waals surface area (Å²) in [5.74, 6) is 1.27. The lowest BCUT2D eigenvalue weighted by atomic mass is 10.0. The van der Waals surface area contributed by atoms with Crippen LogP contribution in [0.2, 0.25) is 0 Å². The van der Waals surface area contributed by atoms with E-state index in [1.54, 1.807) is 49.4 Å². The highest BCUT2D eigenvalue weighted by Gasteiger charge is 2.25. The van der Waals surface area contributed by atoms with Crippen molar-refractivity contribution in [2.45, 2.75) is 18.7 Å². The van der Waals surface area contributed by atoms with Crippen LogP contribution in [0.15, 0.2) is 64.9 Å². The van der Waals surface area contributed by atoms with Gasteiger partial charge in [0.25, 0.3) is 0 Å². The van der Waals surface area contributed by atoms with E-state index in [0.717, 1.165) is 11.1 Å². The molecule has 4 nitrogen and oxygen atoms in total. The van der Waals surface area contributed by atoms with Gasteiger partial charge < -0.3 is 9.47 Å². The van der Waals surface area contributed by atoms with Gasteiger partial charge in [-0.1, -0.05) is 30.9 Å². The zero-order valence-corrected chi connectivity index (χ0v) is 14.4. The molecular weight excluding hydrogens is 324 g/mol. The Labute approximate surface area is 142 Å². The third kappa shape index (κ3) is 2.71. The van der Waals surface area contributed by atoms with E-state index in [0.29, 0.717) is 17.1 Å². The van der Waals surface area contributed by atoms with E-state index in [-0.39, 0.29) is 16.6 Å². The van der Waals surface area contributed by atoms with E-state index in [1.165, 1.54) is 0 Å². The second-order valence-corrected chi connectivity index (χ2v) is 7.39. The van der Waals surface area contributed by atoms with Gasteiger partial charge in [-0.05, 0) is 54.8 Å². The molecule has 1 heterocycles. The first kappa shape index (κ1) is 16.3. The molecule has 0 atom stereocenters. The SMILES string of the molecule is C=C(/C(=C\C)S(=O)(=O)c1ccccc1)c1cc2c(cc1C)OCO2. The second-order valence-electron chi connectivity index (χ2n) is 5.47. The lowest BCUT2D eigenvalue weighted by Gasteiger charge is -2.15. The van der Waals surface area contributed by atoms with Gasteiger partial charge in [-0.2, -0.15) is 0 Å². The molecule has 2 aromatic carbocycles. The van der Waals surface area contributed by atoms with Crippen molar-refractivity contribution < 1.29 is 17.9 Å². The van der Waals surface area contributed by atoms with Gasteiger partial charge in [-0.25, -0.2) is 8.42 Å². The summed E-state index contributed by atoms with van der Waals surface area (Å²) in [6.45, 7) is 7.79. The second kappa shape index (κ2) is 6.17. The van der Waals surface area contributed by atoms with Gasteiger partial charge in [0.05, 0.1) is 9.80 Å². The summed E-state index contributed by atoms with van der Waals surface area (Å²) in [5, 5.41) is 0. The summed E-state index contributed by atoms with van der Waals surface area (Å²) < 4.78 is 36.6. The molecular formula is C19H18O4S. The molecule has 0 radical (unpaired) electrons. The quantitative estimate of drug-likeness (QED) is 0.785. The molecule has 0 bridgehead atoms. The van der Waals surface area contributed by atoms with E-state index >= 15 is 0 Å². The molecule has 0 spiro atoms. The van der Waals surface area contributed by atoms with Gasteiger partial charge in [0.2, 0.25) is 16.6 Å². The van der Waals surface area contributed by atoms with Gasteiger partial charge in [-0.15, -0.1) is 0 Å². The van der Waals surface area contributed by atoms with Crippen molar-refractivity contribution in [1.29, 1.82) is 0 Å². The molecule has 2 aromatic rings. The first-order valence-electron chi connectivity index (χ1n) is 7.51. The highest BCUT2D eigenvalue weighted by atomic mass is 32.2. The summed E-state index contributed by atoms with van der Waals surface area (Å²) >= 11 is 0. The Morgan fingerprint density at radius 2 is 1.75 bits per heavy atom. The van der Waals surface area contributed by atoms with Crippen LogP contribution >= 0.6 is 0 Å². The molecule has 1 aliphatic rings. The van der Waals surface area contributed by atoms with Crippen LogP contribution in [0.5, 0.6) is 11.5 Å². The van der Waals surface area contributed by atoms with Gasteiger partial charge in [0.15, 0.2) is 11.5 Å². The first-order valence-corrected chi connectivity index (χ1v) is 9.00. The predicted octanol–water partition coefficient (Wildman–Crippen LogP) is 4.11. The molecule has 0 unspecified atom stereocenters. The van der Waals surface area contributed by atoms with Crippen molar-refractivity contribution in [3.05, 3.63) is 71.2 Å². The maximum atomic E-state index is 12.9. The lowest BCUT2D eigenvalue weighted by molar-refractivity contribution is 0.174. The number of hydrogen-bond donors (Lipinski definition) is 0. The topological polar surface area (TPSA) is 52.6 Å². The summed E-state index contributed by atoms with van der Waals surface area (Å²) in [6.07, 6.45) is 1.58. The van der Waals surface area contributed by atoms with Crippen LogP contribution in [0.4, 0.5) is 0 Å². The minimum Gasteiger partial charge on any atom is -0.454 e. The van der Waals surface area contributed by atoms with Gasteiger partial charge >= 0.3 is 0 Å². The van der Waals surface area contributed by atoms with Crippen molar-refractivity contribution in [1.82, 2.24) is 0 Å². The smallest absolute Gasteiger partial charge is 0.231 e. The highest BCUT2D eigenvalue weighted by Crippen LogP contribution is 2.39. The van der Waals surface area contributed by atoms with Crippen molar-refractivity contribution in [3.8, 4) is 11.5 Å². The Bertz CT molecular complexity index is 925. The average Bonchev–Trinajstić information content (AvgIpc) is 3.02. The van der Waals surface area contributed by atoms with Crippen LogP contribution in [0.3, 0.4) is 0 Å². The van der Waals surface area contributed by atoms with E-state index in [2.05, 4.69) is 6.58 Å². The minimum absolute atomic E-state index is 0.170. The highest BCUT2D eigenvalue weighted by molar-refractivity contribution is 7.95. The van der Waals surface area contributed by atoms with Crippen LogP contribution < -0.4 is 9.47 Å². The van der Waals surface area contributed by atoms with E-state index in [9.17, 15) is 8.42 Å². The van der Waals surface area contributed by atoms with E-state index in [1.807, 2.05) is 13.0 Å². The molecule has 0 amide bonds. The normalized spacial score (nSPS) is 13.8. The standard InChI is InChI=1S/C19H18O4S/c1-4-19(24(20,21)15-8-6-5-7-9-15)14(3)16-11-18-17(10-13(16)2)22-12-23-18/h4-11H,3,12H2,1-2H3/b19-4+. The molecule has 0 saturated carbocycles. The van der Waals surface area contributed by atoms with Crippen molar-refractivity contribution >= 4 is 15.4 Å². The third-order valence-corrected chi connectivity index (χ3v) is 5.90. The number of fused-ring (bicyclic) bond motifs is 1. The van der Waals surface area contributed by atoms with Gasteiger partial charge in [0.1, 0.15) is 0 Å². The number of hydrogen-bond acceptors (Lipinski definition) is 4. The fourth-order valence-electron chi connectivity index (χ4n) is 2.72. The van der Waals surface area contributed by atoms with Crippen molar-refractivity contribution in [3.63, 3.8) is 0 Å². The van der Waals surface area contributed by atoms with Crippen molar-refractivity contribution in [2.75, 3.05) is 6.79 Å². The van der Waals surface area contributed by atoms with E-state index in [4.69, 9.17) is 9.47 Å². The monoisotopic (exact) mass is 342 g/mol. The Kier molecular flexibility index (Phi) is 4.20. The lowest BCUT2D eigenvalue weighted by Crippen LogP contribution is -2.07. The molecule has 3 rings (SSSR count). The predicted molar refractivity (Wildman–Crippen MR) is 93.7 cm³/mol. The molecule has 0 saturated heterocycles. The van der Waals surface area contributed by atoms with Crippen LogP contribution in [-0.4, -0.2) is 15.2 Å². The molecule has 124 valence electrons. The summed E-state index contributed by atoms with van der Waals surface area (Å²) in [7, 11) is -3.64. The first-order chi connectivity index (χ1) is 11.4. The maximum Gasteiger partial charge on any atom is 0.231 e. The third-order valence-electron chi connectivity index (χ3n) is 3.95. The molecule has 0 aliphatic carbocycles. The maximum absolute atomic E-state index is 12.9. The largest absolute Gasteiger partial charge is 0.454 e. The molecule has 0 fully saturated rings. The fourth-order valence-corrected chi connectivity index (χ4v) is 4.23. The Morgan fingerprint density at radius 1 is 1.12 bits per heavy atom. The number of allylic oxidation sites excluding steroid dienone is 2. The number of aryl methyl sites for hydroxylation is 1. The number of rotatable bonds is 4. The fraction of sp³-hybridized carbons (Fsp3) is 0.158. The summed E-state index contributed by atoms with van der Waals surface area (Å²) in [4.78, 5) is 0.438. The van der Waals surface area contributed by atoms with Crippen LogP contribution in [-0.2, 0) is 9.84 Å². The minimum atomic E-state index is -3.64. The molecule has 5 heteroatoms. The Hall–Kier alpha value is -2.53. The van der Waals surface area contributed by atoms with Gasteiger partial charge in [-0.3, -0.25) is 0 Å². The molecule has 1 aliphatic heterocycles. The van der Waals surface area contributed by atoms with Crippen LogP contribution in [0.1, 0.15) is 18.1 Å².